The van der Waals surface area contributed by atoms with Crippen molar-refractivity contribution in [1.82, 2.24) is 20.2 Å². The van der Waals surface area contributed by atoms with Crippen LogP contribution in [0.1, 0.15) is 57.6 Å². The van der Waals surface area contributed by atoms with E-state index in [-0.39, 0.29) is 5.82 Å². The molecular weight excluding hydrogens is 349 g/mol. The Morgan fingerprint density at radius 1 is 1.22 bits per heavy atom. The number of fused-ring (bicyclic) bond motifs is 1. The first-order valence-corrected chi connectivity index (χ1v) is 9.30. The van der Waals surface area contributed by atoms with Crippen molar-refractivity contribution in [3.05, 3.63) is 46.9 Å². The Morgan fingerprint density at radius 2 is 1.96 bits per heavy atom. The normalized spacial score (nSPS) is 16.0. The third-order valence-electron chi connectivity index (χ3n) is 4.60. The average Bonchev–Trinajstić information content (AvgIpc) is 3.12. The molecule has 0 radical (unpaired) electrons. The van der Waals surface area contributed by atoms with Crippen molar-refractivity contribution in [2.45, 2.75) is 52.0 Å². The van der Waals surface area contributed by atoms with Crippen molar-refractivity contribution >= 4 is 11.9 Å². The molecule has 2 aromatic rings. The summed E-state index contributed by atoms with van der Waals surface area (Å²) in [6.07, 6.45) is 5.38. The summed E-state index contributed by atoms with van der Waals surface area (Å²) in [6, 6.07) is 5.40. The van der Waals surface area contributed by atoms with E-state index in [4.69, 9.17) is 4.74 Å². The fourth-order valence-corrected chi connectivity index (χ4v) is 3.18. The topological polar surface area (TPSA) is 81.9 Å². The first-order chi connectivity index (χ1) is 13.1. The minimum absolute atomic E-state index is 0.346. The molecule has 0 aliphatic carbocycles. The van der Waals surface area contributed by atoms with Crippen molar-refractivity contribution in [3.8, 4) is 0 Å². The van der Waals surface area contributed by atoms with Crippen LogP contribution < -0.4 is 5.32 Å². The number of nitrogens with one attached hydrogen (secondary N) is 1. The maximum atomic E-state index is 13.4. The van der Waals surface area contributed by atoms with Gasteiger partial charge in [0.1, 0.15) is 11.9 Å². The zero-order chi connectivity index (χ0) is 19.2. The number of unbranched alkanes of at least 4 members (excludes halogenated alkanes) is 4. The quantitative estimate of drug-likeness (QED) is 0.562. The average molecular weight is 373 g/mol. The Balaban J connectivity index is 1.78. The van der Waals surface area contributed by atoms with Crippen LogP contribution in [-0.2, 0) is 9.53 Å². The smallest absolute Gasteiger partial charge is 0.338 e. The number of tetrazole rings is 1. The number of anilines is 1. The van der Waals surface area contributed by atoms with Gasteiger partial charge >= 0.3 is 5.97 Å². The zero-order valence-electron chi connectivity index (χ0n) is 15.6. The van der Waals surface area contributed by atoms with Crippen molar-refractivity contribution in [3.63, 3.8) is 0 Å². The highest BCUT2D eigenvalue weighted by Gasteiger charge is 2.34. The molecule has 1 aromatic heterocycles. The lowest BCUT2D eigenvalue weighted by molar-refractivity contribution is -0.139. The number of rotatable bonds is 8. The predicted octanol–water partition coefficient (Wildman–Crippen LogP) is 3.61. The predicted molar refractivity (Wildman–Crippen MR) is 98.4 cm³/mol. The van der Waals surface area contributed by atoms with Crippen LogP contribution in [0.25, 0.3) is 0 Å². The second-order valence-corrected chi connectivity index (χ2v) is 6.61. The lowest BCUT2D eigenvalue weighted by atomic mass is 9.96. The summed E-state index contributed by atoms with van der Waals surface area (Å²) in [4.78, 5) is 12.8. The van der Waals surface area contributed by atoms with Gasteiger partial charge in [-0.1, -0.05) is 49.8 Å². The molecule has 0 fully saturated rings. The Morgan fingerprint density at radius 3 is 2.70 bits per heavy atom. The molecule has 0 saturated carbocycles. The van der Waals surface area contributed by atoms with Gasteiger partial charge in [-0.3, -0.25) is 0 Å². The molecule has 0 saturated heterocycles. The van der Waals surface area contributed by atoms with E-state index in [1.165, 1.54) is 29.7 Å². The summed E-state index contributed by atoms with van der Waals surface area (Å²) in [6.45, 7) is 4.32. The van der Waals surface area contributed by atoms with Gasteiger partial charge < -0.3 is 10.1 Å². The van der Waals surface area contributed by atoms with Crippen LogP contribution in [0.5, 0.6) is 0 Å². The summed E-state index contributed by atoms with van der Waals surface area (Å²) < 4.78 is 20.4. The molecule has 1 N–H and O–H groups in total. The molecule has 2 heterocycles. The van der Waals surface area contributed by atoms with Gasteiger partial charge in [0.2, 0.25) is 5.95 Å². The van der Waals surface area contributed by atoms with Crippen molar-refractivity contribution < 1.29 is 13.9 Å². The molecule has 7 nitrogen and oxygen atoms in total. The number of hydrogen-bond acceptors (Lipinski definition) is 6. The molecule has 27 heavy (non-hydrogen) atoms. The van der Waals surface area contributed by atoms with Crippen molar-refractivity contribution in [2.24, 2.45) is 0 Å². The van der Waals surface area contributed by atoms with Gasteiger partial charge in [-0.05, 0) is 41.5 Å². The van der Waals surface area contributed by atoms with Gasteiger partial charge in [-0.25, -0.2) is 9.18 Å². The van der Waals surface area contributed by atoms with Crippen LogP contribution in [-0.4, -0.2) is 32.8 Å². The van der Waals surface area contributed by atoms with Gasteiger partial charge in [-0.2, -0.15) is 4.68 Å². The number of halogens is 1. The number of esters is 1. The first-order valence-electron chi connectivity index (χ1n) is 9.30. The van der Waals surface area contributed by atoms with Crippen LogP contribution >= 0.6 is 0 Å². The maximum Gasteiger partial charge on any atom is 0.338 e. The van der Waals surface area contributed by atoms with Gasteiger partial charge in [0.15, 0.2) is 0 Å². The monoisotopic (exact) mass is 373 g/mol. The fourth-order valence-electron chi connectivity index (χ4n) is 3.18. The number of benzene rings is 1. The third kappa shape index (κ3) is 4.32. The minimum atomic E-state index is -0.565. The lowest BCUT2D eigenvalue weighted by Crippen LogP contribution is -2.29. The summed E-state index contributed by atoms with van der Waals surface area (Å²) in [5.41, 5.74) is 1.76. The molecule has 0 spiro atoms. The fraction of sp³-hybridized carbons (Fsp3) is 0.474. The molecular formula is C19H24FN5O2. The van der Waals surface area contributed by atoms with Crippen molar-refractivity contribution in [2.75, 3.05) is 11.9 Å². The number of carbonyl (C=O) groups excluding carboxylic acids is 1. The highest BCUT2D eigenvalue weighted by molar-refractivity contribution is 5.92. The van der Waals surface area contributed by atoms with Crippen LogP contribution in [0.15, 0.2) is 35.5 Å². The molecule has 144 valence electrons. The van der Waals surface area contributed by atoms with E-state index in [9.17, 15) is 9.18 Å². The lowest BCUT2D eigenvalue weighted by Gasteiger charge is -2.27. The van der Waals surface area contributed by atoms with Gasteiger partial charge in [0.25, 0.3) is 0 Å². The van der Waals surface area contributed by atoms with E-state index in [1.54, 1.807) is 19.1 Å². The van der Waals surface area contributed by atoms with Crippen LogP contribution in [0.3, 0.4) is 0 Å². The molecule has 1 aliphatic rings. The molecule has 1 unspecified atom stereocenters. The highest BCUT2D eigenvalue weighted by Crippen LogP contribution is 2.34. The highest BCUT2D eigenvalue weighted by atomic mass is 19.1. The SMILES string of the molecule is CCCCCCCOC(=O)C1=C(C)Nc2nnnn2C1c1ccc(F)cc1. The molecule has 3 rings (SSSR count). The zero-order valence-corrected chi connectivity index (χ0v) is 15.6. The summed E-state index contributed by atoms with van der Waals surface area (Å²) >= 11 is 0. The molecule has 0 amide bonds. The molecule has 1 atom stereocenters. The Kier molecular flexibility index (Phi) is 6.16. The molecule has 1 aliphatic heterocycles. The third-order valence-corrected chi connectivity index (χ3v) is 4.60. The van der Waals surface area contributed by atoms with Crippen molar-refractivity contribution in [1.29, 1.82) is 0 Å². The Hall–Kier alpha value is -2.77. The van der Waals surface area contributed by atoms with Gasteiger partial charge in [0, 0.05) is 5.70 Å². The van der Waals surface area contributed by atoms with Crippen LogP contribution in [0, 0.1) is 5.82 Å². The van der Waals surface area contributed by atoms with E-state index >= 15 is 0 Å². The summed E-state index contributed by atoms with van der Waals surface area (Å²) in [5, 5.41) is 14.6. The van der Waals surface area contributed by atoms with E-state index in [2.05, 4.69) is 27.8 Å². The second kappa shape index (κ2) is 8.75. The maximum absolute atomic E-state index is 13.4. The number of hydrogen-bond donors (Lipinski definition) is 1. The van der Waals surface area contributed by atoms with E-state index < -0.39 is 12.0 Å². The Labute approximate surface area is 157 Å². The second-order valence-electron chi connectivity index (χ2n) is 6.61. The van der Waals surface area contributed by atoms with Gasteiger partial charge in [0.05, 0.1) is 12.2 Å². The standard InChI is InChI=1S/C19H24FN5O2/c1-3-4-5-6-7-12-27-18(26)16-13(2)21-19-22-23-24-25(19)17(16)14-8-10-15(20)11-9-14/h8-11,17H,3-7,12H2,1-2H3,(H,21,22,24). The minimum Gasteiger partial charge on any atom is -0.462 e. The number of allylic oxidation sites excluding steroid dienone is 1. The largest absolute Gasteiger partial charge is 0.462 e. The molecule has 8 heteroatoms. The molecule has 1 aromatic carbocycles. The Bertz CT molecular complexity index is 816. The van der Waals surface area contributed by atoms with Crippen LogP contribution in [0.2, 0.25) is 0 Å². The van der Waals surface area contributed by atoms with Crippen LogP contribution in [0.4, 0.5) is 10.3 Å². The summed E-state index contributed by atoms with van der Waals surface area (Å²) in [5.74, 6) is -0.328. The summed E-state index contributed by atoms with van der Waals surface area (Å²) in [7, 11) is 0. The van der Waals surface area contributed by atoms with E-state index in [0.717, 1.165) is 19.3 Å². The number of nitrogens with zero attached hydrogens (tertiary/aromatic N) is 4. The first kappa shape index (κ1) is 19.0. The number of ether oxygens (including phenoxy) is 1. The van der Waals surface area contributed by atoms with E-state index in [0.29, 0.717) is 29.4 Å². The molecule has 0 bridgehead atoms. The number of carbonyl (C=O) groups is 1. The number of aromatic nitrogens is 4. The van der Waals surface area contributed by atoms with Gasteiger partial charge in [-0.15, -0.1) is 0 Å². The van der Waals surface area contributed by atoms with E-state index in [1.807, 2.05) is 0 Å².